The number of methoxy groups -OCH3 is 1. The van der Waals surface area contributed by atoms with Gasteiger partial charge in [-0.1, -0.05) is 0 Å². The quantitative estimate of drug-likeness (QED) is 0.878. The molecule has 4 heteroatoms. The van der Waals surface area contributed by atoms with Gasteiger partial charge in [0.2, 0.25) is 0 Å². The summed E-state index contributed by atoms with van der Waals surface area (Å²) >= 11 is 0. The van der Waals surface area contributed by atoms with E-state index in [-0.39, 0.29) is 16.7 Å². The molecule has 4 atom stereocenters. The molecule has 5 fully saturated rings. The van der Waals surface area contributed by atoms with Crippen molar-refractivity contribution in [1.82, 2.24) is 4.98 Å². The summed E-state index contributed by atoms with van der Waals surface area (Å²) in [6, 6.07) is 0. The summed E-state index contributed by atoms with van der Waals surface area (Å²) in [5, 5.41) is 4.01. The summed E-state index contributed by atoms with van der Waals surface area (Å²) in [6.45, 7) is 0. The smallest absolute Gasteiger partial charge is 0.251 e. The number of nitrogens with one attached hydrogen (secondary N) is 2. The van der Waals surface area contributed by atoms with E-state index in [1.165, 1.54) is 62.6 Å². The Balaban J connectivity index is 1.40. The largest absolute Gasteiger partial charge is 0.378 e. The van der Waals surface area contributed by atoms with Crippen LogP contribution in [0, 0.1) is 11.8 Å². The summed E-state index contributed by atoms with van der Waals surface area (Å²) in [4.78, 5) is 15.5. The molecular weight excluding hydrogens is 312 g/mol. The van der Waals surface area contributed by atoms with E-state index in [2.05, 4.69) is 10.3 Å². The minimum atomic E-state index is 0.0987. The Labute approximate surface area is 148 Å². The lowest BCUT2D eigenvalue weighted by molar-refractivity contribution is -0.148. The van der Waals surface area contributed by atoms with Crippen LogP contribution >= 0.6 is 0 Å². The lowest BCUT2D eigenvalue weighted by Crippen LogP contribution is -2.62. The zero-order valence-electron chi connectivity index (χ0n) is 15.1. The third-order valence-corrected chi connectivity index (χ3v) is 8.26. The van der Waals surface area contributed by atoms with Crippen LogP contribution < -0.4 is 10.9 Å². The van der Waals surface area contributed by atoms with Gasteiger partial charge in [0.1, 0.15) is 0 Å². The second kappa shape index (κ2) is 4.70. The van der Waals surface area contributed by atoms with Gasteiger partial charge in [-0.15, -0.1) is 0 Å². The van der Waals surface area contributed by atoms with Crippen LogP contribution in [0.5, 0.6) is 0 Å². The van der Waals surface area contributed by atoms with Crippen LogP contribution in [-0.2, 0) is 4.74 Å². The van der Waals surface area contributed by atoms with Gasteiger partial charge in [-0.3, -0.25) is 4.79 Å². The van der Waals surface area contributed by atoms with Gasteiger partial charge >= 0.3 is 0 Å². The molecule has 1 aromatic rings. The van der Waals surface area contributed by atoms with Crippen molar-refractivity contribution < 1.29 is 4.74 Å². The highest BCUT2D eigenvalue weighted by atomic mass is 16.5. The Morgan fingerprint density at radius 1 is 1.08 bits per heavy atom. The van der Waals surface area contributed by atoms with Gasteiger partial charge in [0.05, 0.1) is 11.3 Å². The molecule has 6 aliphatic carbocycles. The minimum Gasteiger partial charge on any atom is -0.378 e. The predicted molar refractivity (Wildman–Crippen MR) is 97.2 cm³/mol. The number of hydrogen-bond acceptors (Lipinski definition) is 3. The van der Waals surface area contributed by atoms with Gasteiger partial charge in [0, 0.05) is 24.4 Å². The molecule has 1 heterocycles. The maximum Gasteiger partial charge on any atom is 0.251 e. The van der Waals surface area contributed by atoms with Crippen LogP contribution in [0.25, 0.3) is 0 Å². The molecule has 0 amide bonds. The van der Waals surface area contributed by atoms with E-state index in [9.17, 15) is 4.79 Å². The number of hydrogen-bond donors (Lipinski definition) is 2. The number of aromatic amines is 1. The summed E-state index contributed by atoms with van der Waals surface area (Å²) in [5.74, 6) is 2.73. The maximum atomic E-state index is 12.4. The van der Waals surface area contributed by atoms with Crippen molar-refractivity contribution in [3.05, 3.63) is 27.7 Å². The van der Waals surface area contributed by atoms with Gasteiger partial charge in [-0.25, -0.2) is 0 Å². The molecule has 0 aliphatic heterocycles. The summed E-state index contributed by atoms with van der Waals surface area (Å²) in [7, 11) is 1.91. The minimum absolute atomic E-state index is 0.0987. The lowest BCUT2D eigenvalue weighted by Gasteiger charge is -2.61. The number of rotatable bonds is 3. The molecule has 0 saturated heterocycles. The average molecular weight is 340 g/mol. The Kier molecular flexibility index (Phi) is 2.79. The Morgan fingerprint density at radius 3 is 2.52 bits per heavy atom. The number of pyridine rings is 1. The van der Waals surface area contributed by atoms with E-state index in [0.29, 0.717) is 11.8 Å². The van der Waals surface area contributed by atoms with Crippen molar-refractivity contribution in [3.8, 4) is 0 Å². The van der Waals surface area contributed by atoms with E-state index in [1.807, 2.05) is 13.3 Å². The van der Waals surface area contributed by atoms with E-state index >= 15 is 0 Å². The molecule has 0 spiro atoms. The van der Waals surface area contributed by atoms with Crippen LogP contribution in [0.3, 0.4) is 0 Å². The van der Waals surface area contributed by atoms with E-state index in [1.54, 1.807) is 0 Å². The highest BCUT2D eigenvalue weighted by Crippen LogP contribution is 2.60. The number of aromatic nitrogens is 1. The van der Waals surface area contributed by atoms with Crippen molar-refractivity contribution in [1.29, 1.82) is 0 Å². The molecule has 4 nitrogen and oxygen atoms in total. The molecule has 25 heavy (non-hydrogen) atoms. The number of anilines is 1. The van der Waals surface area contributed by atoms with Gasteiger partial charge in [-0.05, 0) is 87.0 Å². The molecule has 0 aromatic carbocycles. The summed E-state index contributed by atoms with van der Waals surface area (Å²) in [6.07, 6.45) is 13.2. The molecule has 0 radical (unpaired) electrons. The second-order valence-corrected chi connectivity index (χ2v) is 9.82. The average Bonchev–Trinajstić information content (AvgIpc) is 3.18. The fraction of sp³-hybridized carbons (Fsp3) is 0.762. The van der Waals surface area contributed by atoms with Crippen LogP contribution in [0.15, 0.2) is 11.0 Å². The maximum absolute atomic E-state index is 12.4. The zero-order valence-corrected chi connectivity index (χ0v) is 15.1. The van der Waals surface area contributed by atoms with Gasteiger partial charge < -0.3 is 15.0 Å². The lowest BCUT2D eigenvalue weighted by atomic mass is 9.51. The Morgan fingerprint density at radius 2 is 1.80 bits per heavy atom. The third kappa shape index (κ3) is 1.95. The highest BCUT2D eigenvalue weighted by molar-refractivity contribution is 5.60. The van der Waals surface area contributed by atoms with Crippen molar-refractivity contribution >= 4 is 5.69 Å². The van der Waals surface area contributed by atoms with Gasteiger partial charge in [-0.2, -0.15) is 0 Å². The monoisotopic (exact) mass is 340 g/mol. The first kappa shape index (κ1) is 14.8. The first-order valence-corrected chi connectivity index (χ1v) is 10.2. The highest BCUT2D eigenvalue weighted by Gasteiger charge is 2.58. The molecule has 1 aromatic heterocycles. The normalized spacial score (nSPS) is 45.8. The molecule has 2 N–H and O–H groups in total. The fourth-order valence-corrected chi connectivity index (χ4v) is 7.86. The first-order valence-electron chi connectivity index (χ1n) is 10.2. The number of fused-ring (bicyclic) bond motifs is 5. The number of ether oxygens (including phenoxy) is 1. The van der Waals surface area contributed by atoms with Gasteiger partial charge in [0.15, 0.2) is 0 Å². The van der Waals surface area contributed by atoms with E-state index in [0.717, 1.165) is 23.8 Å². The Hall–Kier alpha value is -1.29. The first-order chi connectivity index (χ1) is 12.1. The Bertz CT molecular complexity index is 784. The second-order valence-electron chi connectivity index (χ2n) is 9.82. The van der Waals surface area contributed by atoms with Crippen molar-refractivity contribution in [2.45, 2.75) is 80.8 Å². The molecule has 134 valence electrons. The third-order valence-electron chi connectivity index (χ3n) is 8.26. The zero-order chi connectivity index (χ0) is 16.8. The number of H-pyrrole nitrogens is 1. The van der Waals surface area contributed by atoms with E-state index in [4.69, 9.17) is 4.74 Å². The van der Waals surface area contributed by atoms with Crippen molar-refractivity contribution in [2.75, 3.05) is 12.4 Å². The SMILES string of the molecule is COC12CC3CC(CC(Nc4c[nH]c(=O)c5c4C4CCC5C4)(C3)C1)C2. The van der Waals surface area contributed by atoms with Crippen LogP contribution in [0.2, 0.25) is 0 Å². The molecule has 6 aliphatic rings. The standard InChI is InChI=1S/C21H28N2O2/c1-25-21-8-12-4-13(9-21)7-20(6-12,11-21)23-16-10-22-19(24)18-15-3-2-14(5-15)17(16)18/h10,12-15,23H,2-9,11H2,1H3,(H,22,24). The molecule has 5 saturated carbocycles. The van der Waals surface area contributed by atoms with E-state index < -0.39 is 0 Å². The summed E-state index contributed by atoms with van der Waals surface area (Å²) in [5.41, 5.74) is 4.13. The van der Waals surface area contributed by atoms with Crippen molar-refractivity contribution in [3.63, 3.8) is 0 Å². The molecular formula is C21H28N2O2. The molecule has 6 bridgehead atoms. The molecule has 7 rings (SSSR count). The predicted octanol–water partition coefficient (Wildman–Crippen LogP) is 3.89. The fourth-order valence-electron chi connectivity index (χ4n) is 7.86. The topological polar surface area (TPSA) is 54.1 Å². The van der Waals surface area contributed by atoms with Gasteiger partial charge in [0.25, 0.3) is 5.56 Å². The van der Waals surface area contributed by atoms with Crippen LogP contribution in [0.4, 0.5) is 5.69 Å². The molecule has 4 unspecified atom stereocenters. The summed E-state index contributed by atoms with van der Waals surface area (Å²) < 4.78 is 6.08. The van der Waals surface area contributed by atoms with Crippen LogP contribution in [0.1, 0.15) is 80.8 Å². The van der Waals surface area contributed by atoms with Crippen LogP contribution in [-0.4, -0.2) is 23.2 Å². The van der Waals surface area contributed by atoms with Crippen molar-refractivity contribution in [2.24, 2.45) is 11.8 Å².